The van der Waals surface area contributed by atoms with E-state index in [2.05, 4.69) is 10.6 Å². The third kappa shape index (κ3) is 4.13. The van der Waals surface area contributed by atoms with Gasteiger partial charge < -0.3 is 15.1 Å². The fourth-order valence-electron chi connectivity index (χ4n) is 2.79. The van der Waals surface area contributed by atoms with Crippen LogP contribution in [0.1, 0.15) is 41.8 Å². The van der Waals surface area contributed by atoms with E-state index in [1.807, 2.05) is 6.07 Å². The maximum Gasteiger partial charge on any atom is 0.268 e. The smallest absolute Gasteiger partial charge is 0.268 e. The molecule has 2 amide bonds. The lowest BCUT2D eigenvalue weighted by atomic mass is 10.2. The first-order valence-corrected chi connectivity index (χ1v) is 8.15. The predicted molar refractivity (Wildman–Crippen MR) is 91.0 cm³/mol. The summed E-state index contributed by atoms with van der Waals surface area (Å²) >= 11 is 0. The Kier molecular flexibility index (Phi) is 5.11. The molecule has 0 atom stereocenters. The lowest BCUT2D eigenvalue weighted by Gasteiger charge is -2.15. The molecule has 1 aliphatic rings. The number of furan rings is 1. The number of hydrogen-bond donors (Lipinski definition) is 2. The van der Waals surface area contributed by atoms with E-state index in [0.717, 1.165) is 25.7 Å². The molecule has 0 spiro atoms. The lowest BCUT2D eigenvalue weighted by Crippen LogP contribution is -2.39. The van der Waals surface area contributed by atoms with Gasteiger partial charge in [0, 0.05) is 17.7 Å². The molecule has 1 saturated carbocycles. The van der Waals surface area contributed by atoms with Crippen LogP contribution in [0.25, 0.3) is 6.08 Å². The second-order valence-electron chi connectivity index (χ2n) is 5.85. The van der Waals surface area contributed by atoms with Crippen LogP contribution in [0.2, 0.25) is 0 Å². The molecule has 1 aliphatic carbocycles. The van der Waals surface area contributed by atoms with E-state index in [9.17, 15) is 9.59 Å². The zero-order valence-corrected chi connectivity index (χ0v) is 13.3. The van der Waals surface area contributed by atoms with Crippen molar-refractivity contribution in [1.82, 2.24) is 10.6 Å². The molecule has 24 heavy (non-hydrogen) atoms. The van der Waals surface area contributed by atoms with Gasteiger partial charge >= 0.3 is 0 Å². The monoisotopic (exact) mass is 324 g/mol. The van der Waals surface area contributed by atoms with Gasteiger partial charge in [0.15, 0.2) is 0 Å². The van der Waals surface area contributed by atoms with Crippen molar-refractivity contribution in [3.8, 4) is 0 Å². The Morgan fingerprint density at radius 3 is 2.46 bits per heavy atom. The largest absolute Gasteiger partial charge is 0.465 e. The van der Waals surface area contributed by atoms with Crippen molar-refractivity contribution < 1.29 is 14.0 Å². The van der Waals surface area contributed by atoms with Crippen LogP contribution in [0.5, 0.6) is 0 Å². The van der Waals surface area contributed by atoms with Crippen molar-refractivity contribution in [3.63, 3.8) is 0 Å². The Balaban J connectivity index is 1.77. The summed E-state index contributed by atoms with van der Waals surface area (Å²) in [6.45, 7) is 0. The number of rotatable bonds is 5. The summed E-state index contributed by atoms with van der Waals surface area (Å²) in [5.74, 6) is -0.0995. The zero-order chi connectivity index (χ0) is 16.8. The second-order valence-corrected chi connectivity index (χ2v) is 5.85. The van der Waals surface area contributed by atoms with Gasteiger partial charge in [0.1, 0.15) is 11.5 Å². The summed E-state index contributed by atoms with van der Waals surface area (Å²) < 4.78 is 5.26. The van der Waals surface area contributed by atoms with E-state index < -0.39 is 0 Å². The van der Waals surface area contributed by atoms with Crippen molar-refractivity contribution in [3.05, 3.63) is 65.7 Å². The third-order valence-corrected chi connectivity index (χ3v) is 4.05. The molecular formula is C19H20N2O3. The topological polar surface area (TPSA) is 71.3 Å². The highest BCUT2D eigenvalue weighted by Crippen LogP contribution is 2.18. The first-order valence-electron chi connectivity index (χ1n) is 8.15. The van der Waals surface area contributed by atoms with E-state index in [4.69, 9.17) is 4.42 Å². The molecule has 2 N–H and O–H groups in total. The van der Waals surface area contributed by atoms with Crippen LogP contribution >= 0.6 is 0 Å². The third-order valence-electron chi connectivity index (χ3n) is 4.05. The standard InChI is InChI=1S/C19H20N2O3/c22-18(14-7-2-1-3-8-14)21-17(13-16-11-6-12-24-16)19(23)20-15-9-4-5-10-15/h1-3,6-8,11-13,15H,4-5,9-10H2,(H,20,23)(H,21,22)/b17-13+. The van der Waals surface area contributed by atoms with Crippen LogP contribution in [0.15, 0.2) is 58.8 Å². The van der Waals surface area contributed by atoms with Crippen molar-refractivity contribution in [1.29, 1.82) is 0 Å². The van der Waals surface area contributed by atoms with Gasteiger partial charge in [0.2, 0.25) is 0 Å². The quantitative estimate of drug-likeness (QED) is 0.830. The molecule has 0 radical (unpaired) electrons. The molecule has 0 bridgehead atoms. The van der Waals surface area contributed by atoms with E-state index in [-0.39, 0.29) is 23.6 Å². The van der Waals surface area contributed by atoms with Crippen molar-refractivity contribution in [2.24, 2.45) is 0 Å². The van der Waals surface area contributed by atoms with E-state index in [0.29, 0.717) is 11.3 Å². The Morgan fingerprint density at radius 2 is 1.79 bits per heavy atom. The van der Waals surface area contributed by atoms with E-state index >= 15 is 0 Å². The van der Waals surface area contributed by atoms with Crippen LogP contribution in [0.3, 0.4) is 0 Å². The van der Waals surface area contributed by atoms with Crippen LogP contribution < -0.4 is 10.6 Å². The lowest BCUT2D eigenvalue weighted by molar-refractivity contribution is -0.118. The average molecular weight is 324 g/mol. The molecule has 5 heteroatoms. The minimum atomic E-state index is -0.324. The van der Waals surface area contributed by atoms with Gasteiger partial charge in [0.05, 0.1) is 6.26 Å². The number of nitrogens with one attached hydrogen (secondary N) is 2. The number of carbonyl (C=O) groups is 2. The molecule has 1 heterocycles. The SMILES string of the molecule is O=C(NC1CCCC1)/C(=C\c1ccco1)NC(=O)c1ccccc1. The molecule has 0 unspecified atom stereocenters. The van der Waals surface area contributed by atoms with Crippen LogP contribution in [-0.4, -0.2) is 17.9 Å². The zero-order valence-electron chi connectivity index (χ0n) is 13.3. The molecule has 1 aromatic heterocycles. The van der Waals surface area contributed by atoms with Gasteiger partial charge in [-0.1, -0.05) is 31.0 Å². The van der Waals surface area contributed by atoms with Gasteiger partial charge in [-0.2, -0.15) is 0 Å². The molecule has 5 nitrogen and oxygen atoms in total. The average Bonchev–Trinajstić information content (AvgIpc) is 3.29. The maximum atomic E-state index is 12.6. The maximum absolute atomic E-state index is 12.6. The van der Waals surface area contributed by atoms with Crippen LogP contribution in [0.4, 0.5) is 0 Å². The molecule has 0 saturated heterocycles. The molecular weight excluding hydrogens is 304 g/mol. The molecule has 1 aromatic carbocycles. The van der Waals surface area contributed by atoms with Gasteiger partial charge in [-0.3, -0.25) is 9.59 Å². The van der Waals surface area contributed by atoms with E-state index in [1.54, 1.807) is 42.5 Å². The van der Waals surface area contributed by atoms with Crippen molar-refractivity contribution in [2.45, 2.75) is 31.7 Å². The molecule has 0 aliphatic heterocycles. The molecule has 1 fully saturated rings. The van der Waals surface area contributed by atoms with E-state index in [1.165, 1.54) is 6.26 Å². The van der Waals surface area contributed by atoms with Gasteiger partial charge in [-0.15, -0.1) is 0 Å². The number of amides is 2. The van der Waals surface area contributed by atoms with Gasteiger partial charge in [-0.25, -0.2) is 0 Å². The van der Waals surface area contributed by atoms with Crippen molar-refractivity contribution >= 4 is 17.9 Å². The second kappa shape index (κ2) is 7.64. The highest BCUT2D eigenvalue weighted by Gasteiger charge is 2.21. The van der Waals surface area contributed by atoms with Crippen LogP contribution in [0, 0.1) is 0 Å². The Morgan fingerprint density at radius 1 is 1.04 bits per heavy atom. The first-order chi connectivity index (χ1) is 11.7. The first kappa shape index (κ1) is 16.1. The molecule has 3 rings (SSSR count). The minimum absolute atomic E-state index is 0.172. The van der Waals surface area contributed by atoms with Crippen LogP contribution in [-0.2, 0) is 4.79 Å². The summed E-state index contributed by atoms with van der Waals surface area (Å²) in [5.41, 5.74) is 0.683. The highest BCUT2D eigenvalue weighted by atomic mass is 16.3. The molecule has 124 valence electrons. The predicted octanol–water partition coefficient (Wildman–Crippen LogP) is 3.11. The number of hydrogen-bond acceptors (Lipinski definition) is 3. The van der Waals surface area contributed by atoms with Gasteiger partial charge in [0.25, 0.3) is 11.8 Å². The number of benzene rings is 1. The Bertz CT molecular complexity index is 714. The highest BCUT2D eigenvalue weighted by molar-refractivity contribution is 6.05. The molecule has 2 aromatic rings. The fraction of sp³-hybridized carbons (Fsp3) is 0.263. The van der Waals surface area contributed by atoms with Gasteiger partial charge in [-0.05, 0) is 37.1 Å². The minimum Gasteiger partial charge on any atom is -0.465 e. The summed E-state index contributed by atoms with van der Waals surface area (Å²) in [6, 6.07) is 12.4. The Hall–Kier alpha value is -2.82. The summed E-state index contributed by atoms with van der Waals surface area (Å²) in [5, 5.41) is 5.68. The number of carbonyl (C=O) groups excluding carboxylic acids is 2. The fourth-order valence-corrected chi connectivity index (χ4v) is 2.79. The summed E-state index contributed by atoms with van der Waals surface area (Å²) in [6.07, 6.45) is 7.28. The Labute approximate surface area is 140 Å². The summed E-state index contributed by atoms with van der Waals surface area (Å²) in [4.78, 5) is 24.9. The summed E-state index contributed by atoms with van der Waals surface area (Å²) in [7, 11) is 0. The normalized spacial score (nSPS) is 15.2. The van der Waals surface area contributed by atoms with Crippen molar-refractivity contribution in [2.75, 3.05) is 0 Å².